The van der Waals surface area contributed by atoms with E-state index in [-0.39, 0.29) is 0 Å². The van der Waals surface area contributed by atoms with Crippen molar-refractivity contribution >= 4 is 5.91 Å². The fourth-order valence-electron chi connectivity index (χ4n) is 1.24. The molecule has 2 nitrogen and oxygen atoms in total. The van der Waals surface area contributed by atoms with Gasteiger partial charge in [0.2, 0.25) is 5.91 Å². The second kappa shape index (κ2) is 3.59. The van der Waals surface area contributed by atoms with Crippen LogP contribution in [0.2, 0.25) is 0 Å². The molecule has 57 valence electrons. The Bertz CT molecular complexity index is 120. The number of rotatable bonds is 2. The summed E-state index contributed by atoms with van der Waals surface area (Å²) in [4.78, 5) is 12.9. The standard InChI is InChI=1S/C8H14NO/c1-2-6-9-7-4-3-5-8(9)10/h6H,2-5,7H2,1H3. The van der Waals surface area contributed by atoms with E-state index in [1.807, 2.05) is 11.4 Å². The smallest absolute Gasteiger partial charge is 0.222 e. The summed E-state index contributed by atoms with van der Waals surface area (Å²) in [5.41, 5.74) is 0. The van der Waals surface area contributed by atoms with E-state index < -0.39 is 0 Å². The predicted molar refractivity (Wildman–Crippen MR) is 40.2 cm³/mol. The zero-order chi connectivity index (χ0) is 7.40. The molecule has 0 aromatic heterocycles. The van der Waals surface area contributed by atoms with Crippen molar-refractivity contribution in [3.63, 3.8) is 0 Å². The van der Waals surface area contributed by atoms with E-state index in [2.05, 4.69) is 6.92 Å². The average Bonchev–Trinajstić information content (AvgIpc) is 1.94. The second-order valence-electron chi connectivity index (χ2n) is 2.64. The van der Waals surface area contributed by atoms with Crippen LogP contribution in [-0.2, 0) is 4.79 Å². The summed E-state index contributed by atoms with van der Waals surface area (Å²) in [7, 11) is 0. The van der Waals surface area contributed by atoms with Crippen molar-refractivity contribution in [3.05, 3.63) is 6.54 Å². The van der Waals surface area contributed by atoms with Crippen molar-refractivity contribution in [3.8, 4) is 0 Å². The lowest BCUT2D eigenvalue weighted by atomic mass is 10.1. The van der Waals surface area contributed by atoms with Gasteiger partial charge in [-0.15, -0.1) is 0 Å². The molecule has 0 aromatic carbocycles. The van der Waals surface area contributed by atoms with Crippen molar-refractivity contribution in [1.29, 1.82) is 0 Å². The maximum atomic E-state index is 11.1. The average molecular weight is 140 g/mol. The van der Waals surface area contributed by atoms with Gasteiger partial charge in [-0.25, -0.2) is 0 Å². The molecule has 0 saturated carbocycles. The van der Waals surface area contributed by atoms with Gasteiger partial charge in [0, 0.05) is 13.0 Å². The summed E-state index contributed by atoms with van der Waals surface area (Å²) in [6.07, 6.45) is 3.96. The van der Waals surface area contributed by atoms with Crippen LogP contribution < -0.4 is 0 Å². The van der Waals surface area contributed by atoms with Crippen LogP contribution in [0.5, 0.6) is 0 Å². The lowest BCUT2D eigenvalue weighted by molar-refractivity contribution is -0.131. The second-order valence-corrected chi connectivity index (χ2v) is 2.64. The number of piperidine rings is 1. The molecule has 10 heavy (non-hydrogen) atoms. The molecule has 2 heteroatoms. The zero-order valence-corrected chi connectivity index (χ0v) is 6.47. The summed E-state index contributed by atoms with van der Waals surface area (Å²) in [6, 6.07) is 0. The van der Waals surface area contributed by atoms with E-state index >= 15 is 0 Å². The van der Waals surface area contributed by atoms with Gasteiger partial charge in [0.05, 0.1) is 6.54 Å². The van der Waals surface area contributed by atoms with Crippen LogP contribution in [-0.4, -0.2) is 17.4 Å². The summed E-state index contributed by atoms with van der Waals surface area (Å²) < 4.78 is 0. The molecule has 1 aliphatic heterocycles. The quantitative estimate of drug-likeness (QED) is 0.570. The van der Waals surface area contributed by atoms with Gasteiger partial charge in [-0.05, 0) is 19.3 Å². The Hall–Kier alpha value is -0.530. The number of hydrogen-bond donors (Lipinski definition) is 0. The normalized spacial score (nSPS) is 19.7. The SMILES string of the molecule is CC[CH]N1CCCCC1=O. The minimum absolute atomic E-state index is 0.299. The molecule has 1 heterocycles. The zero-order valence-electron chi connectivity index (χ0n) is 6.47. The van der Waals surface area contributed by atoms with E-state index in [9.17, 15) is 4.79 Å². The highest BCUT2D eigenvalue weighted by atomic mass is 16.2. The van der Waals surface area contributed by atoms with Gasteiger partial charge in [0.1, 0.15) is 0 Å². The van der Waals surface area contributed by atoms with E-state index in [4.69, 9.17) is 0 Å². The molecule has 1 amide bonds. The van der Waals surface area contributed by atoms with Crippen LogP contribution in [0.1, 0.15) is 32.6 Å². The number of carbonyl (C=O) groups excluding carboxylic acids is 1. The lowest BCUT2D eigenvalue weighted by Crippen LogP contribution is -2.32. The van der Waals surface area contributed by atoms with E-state index in [1.54, 1.807) is 0 Å². The molecular formula is C8H14NO. The molecule has 1 radical (unpaired) electrons. The molecule has 0 bridgehead atoms. The minimum atomic E-state index is 0.299. The number of carbonyl (C=O) groups is 1. The van der Waals surface area contributed by atoms with Crippen LogP contribution in [0.25, 0.3) is 0 Å². The first-order chi connectivity index (χ1) is 4.84. The predicted octanol–water partition coefficient (Wildman–Crippen LogP) is 1.57. The highest BCUT2D eigenvalue weighted by Crippen LogP contribution is 2.12. The van der Waals surface area contributed by atoms with Crippen LogP contribution in [0, 0.1) is 6.54 Å². The first-order valence-corrected chi connectivity index (χ1v) is 3.97. The maximum absolute atomic E-state index is 11.1. The largest absolute Gasteiger partial charge is 0.338 e. The monoisotopic (exact) mass is 140 g/mol. The molecule has 1 rings (SSSR count). The fourth-order valence-corrected chi connectivity index (χ4v) is 1.24. The summed E-state index contributed by atoms with van der Waals surface area (Å²) >= 11 is 0. The van der Waals surface area contributed by atoms with E-state index in [0.29, 0.717) is 5.91 Å². The van der Waals surface area contributed by atoms with Gasteiger partial charge < -0.3 is 4.90 Å². The van der Waals surface area contributed by atoms with Crippen molar-refractivity contribution in [2.24, 2.45) is 0 Å². The Balaban J connectivity index is 2.32. The molecule has 0 aromatic rings. The van der Waals surface area contributed by atoms with Crippen molar-refractivity contribution in [1.82, 2.24) is 4.90 Å². The molecule has 0 atom stereocenters. The van der Waals surface area contributed by atoms with Gasteiger partial charge >= 0.3 is 0 Å². The molecular weight excluding hydrogens is 126 g/mol. The fraction of sp³-hybridized carbons (Fsp3) is 0.750. The van der Waals surface area contributed by atoms with Crippen LogP contribution in [0.3, 0.4) is 0 Å². The van der Waals surface area contributed by atoms with Gasteiger partial charge in [0.25, 0.3) is 0 Å². The third-order valence-corrected chi connectivity index (χ3v) is 1.76. The third-order valence-electron chi connectivity index (χ3n) is 1.76. The molecule has 0 aliphatic carbocycles. The highest BCUT2D eigenvalue weighted by molar-refractivity contribution is 5.77. The molecule has 0 spiro atoms. The molecule has 1 fully saturated rings. The van der Waals surface area contributed by atoms with Gasteiger partial charge in [-0.3, -0.25) is 4.79 Å². The first-order valence-electron chi connectivity index (χ1n) is 3.97. The van der Waals surface area contributed by atoms with E-state index in [1.165, 1.54) is 6.42 Å². The molecule has 1 aliphatic rings. The third kappa shape index (κ3) is 1.72. The van der Waals surface area contributed by atoms with Gasteiger partial charge in [0.15, 0.2) is 0 Å². The number of likely N-dealkylation sites (tertiary alicyclic amines) is 1. The summed E-state index contributed by atoms with van der Waals surface area (Å²) in [5.74, 6) is 0.299. The number of nitrogens with zero attached hydrogens (tertiary/aromatic N) is 1. The maximum Gasteiger partial charge on any atom is 0.222 e. The Kier molecular flexibility index (Phi) is 2.72. The first kappa shape index (κ1) is 7.58. The van der Waals surface area contributed by atoms with Crippen LogP contribution in [0.4, 0.5) is 0 Å². The Morgan fingerprint density at radius 2 is 2.40 bits per heavy atom. The van der Waals surface area contributed by atoms with E-state index in [0.717, 1.165) is 25.8 Å². The molecule has 0 N–H and O–H groups in total. The Labute approximate surface area is 62.2 Å². The topological polar surface area (TPSA) is 20.3 Å². The number of amides is 1. The highest BCUT2D eigenvalue weighted by Gasteiger charge is 2.16. The van der Waals surface area contributed by atoms with Gasteiger partial charge in [-0.2, -0.15) is 0 Å². The molecule has 0 unspecified atom stereocenters. The van der Waals surface area contributed by atoms with Crippen molar-refractivity contribution < 1.29 is 4.79 Å². The van der Waals surface area contributed by atoms with Crippen LogP contribution in [0.15, 0.2) is 0 Å². The molecule has 1 saturated heterocycles. The summed E-state index contributed by atoms with van der Waals surface area (Å²) in [5, 5.41) is 0. The number of hydrogen-bond acceptors (Lipinski definition) is 1. The lowest BCUT2D eigenvalue weighted by Gasteiger charge is -2.25. The Morgan fingerprint density at radius 3 is 3.00 bits per heavy atom. The minimum Gasteiger partial charge on any atom is -0.338 e. The summed E-state index contributed by atoms with van der Waals surface area (Å²) in [6.45, 7) is 4.98. The van der Waals surface area contributed by atoms with Gasteiger partial charge in [-0.1, -0.05) is 6.92 Å². The van der Waals surface area contributed by atoms with Crippen LogP contribution >= 0.6 is 0 Å². The van der Waals surface area contributed by atoms with Crippen molar-refractivity contribution in [2.75, 3.05) is 6.54 Å². The Morgan fingerprint density at radius 1 is 1.60 bits per heavy atom. The van der Waals surface area contributed by atoms with Crippen molar-refractivity contribution in [2.45, 2.75) is 32.6 Å².